The van der Waals surface area contributed by atoms with Crippen LogP contribution in [0.4, 0.5) is 17.6 Å². The van der Waals surface area contributed by atoms with E-state index in [2.05, 4.69) is 60.6 Å². The predicted molar refractivity (Wildman–Crippen MR) is 136 cm³/mol. The molecular weight excluding hydrogens is 428 g/mol. The van der Waals surface area contributed by atoms with Crippen LogP contribution in [0.5, 0.6) is 0 Å². The topological polar surface area (TPSA) is 108 Å². The summed E-state index contributed by atoms with van der Waals surface area (Å²) in [5.41, 5.74) is 3.74. The summed E-state index contributed by atoms with van der Waals surface area (Å²) in [5.74, 6) is 1.26. The molecule has 0 bridgehead atoms. The van der Waals surface area contributed by atoms with Crippen molar-refractivity contribution in [1.29, 1.82) is 0 Å². The molecular formula is C25H34N8O. The van der Waals surface area contributed by atoms with Crippen molar-refractivity contribution >= 4 is 29.1 Å². The SMILES string of the molecule is C=CC(=O)Nc1cccc(CNc2nc(N[C@H]3CCC(C)(C)NC3)nc3c(C(C)C)cnn23)c1. The lowest BCUT2D eigenvalue weighted by Gasteiger charge is -2.36. The second-order valence-electron chi connectivity index (χ2n) is 9.75. The van der Waals surface area contributed by atoms with E-state index in [0.29, 0.717) is 24.1 Å². The number of amides is 1. The van der Waals surface area contributed by atoms with Crippen LogP contribution >= 0.6 is 0 Å². The van der Waals surface area contributed by atoms with Gasteiger partial charge in [0.1, 0.15) is 0 Å². The van der Waals surface area contributed by atoms with Gasteiger partial charge < -0.3 is 21.3 Å². The first-order valence-electron chi connectivity index (χ1n) is 11.8. The Bertz CT molecular complexity index is 1170. The zero-order valence-electron chi connectivity index (χ0n) is 20.4. The third kappa shape index (κ3) is 5.53. The van der Waals surface area contributed by atoms with E-state index in [9.17, 15) is 4.79 Å². The summed E-state index contributed by atoms with van der Waals surface area (Å²) in [4.78, 5) is 21.2. The van der Waals surface area contributed by atoms with Gasteiger partial charge in [-0.05, 0) is 56.4 Å². The van der Waals surface area contributed by atoms with Crippen LogP contribution in [-0.4, -0.2) is 43.6 Å². The molecule has 3 aromatic rings. The molecule has 0 spiro atoms. The number of hydrogen-bond donors (Lipinski definition) is 4. The molecule has 180 valence electrons. The van der Waals surface area contributed by atoms with Crippen molar-refractivity contribution in [2.24, 2.45) is 0 Å². The number of nitrogens with zero attached hydrogens (tertiary/aromatic N) is 4. The van der Waals surface area contributed by atoms with E-state index in [4.69, 9.17) is 9.97 Å². The highest BCUT2D eigenvalue weighted by molar-refractivity contribution is 5.98. The third-order valence-electron chi connectivity index (χ3n) is 6.13. The number of aromatic nitrogens is 4. The minimum Gasteiger partial charge on any atom is -0.350 e. The molecule has 4 N–H and O–H groups in total. The number of hydrogen-bond acceptors (Lipinski definition) is 7. The van der Waals surface area contributed by atoms with Crippen molar-refractivity contribution in [2.75, 3.05) is 22.5 Å². The Balaban J connectivity index is 1.57. The molecule has 1 amide bonds. The fraction of sp³-hybridized carbons (Fsp3) is 0.440. The van der Waals surface area contributed by atoms with Crippen LogP contribution in [0.1, 0.15) is 57.6 Å². The maximum Gasteiger partial charge on any atom is 0.247 e. The zero-order valence-corrected chi connectivity index (χ0v) is 20.4. The first-order valence-corrected chi connectivity index (χ1v) is 11.8. The van der Waals surface area contributed by atoms with Crippen molar-refractivity contribution in [1.82, 2.24) is 24.9 Å². The van der Waals surface area contributed by atoms with Gasteiger partial charge in [-0.15, -0.1) is 0 Å². The van der Waals surface area contributed by atoms with Crippen LogP contribution in [0.2, 0.25) is 0 Å². The average Bonchev–Trinajstić information content (AvgIpc) is 3.23. The number of rotatable bonds is 8. The van der Waals surface area contributed by atoms with Gasteiger partial charge in [0.25, 0.3) is 0 Å². The number of piperidine rings is 1. The van der Waals surface area contributed by atoms with Gasteiger partial charge in [0.05, 0.1) is 6.20 Å². The quantitative estimate of drug-likeness (QED) is 0.376. The van der Waals surface area contributed by atoms with Gasteiger partial charge in [0.2, 0.25) is 17.8 Å². The number of carbonyl (C=O) groups excluding carboxylic acids is 1. The van der Waals surface area contributed by atoms with E-state index in [1.165, 1.54) is 6.08 Å². The molecule has 4 rings (SSSR count). The summed E-state index contributed by atoms with van der Waals surface area (Å²) < 4.78 is 1.76. The molecule has 0 unspecified atom stereocenters. The van der Waals surface area contributed by atoms with Gasteiger partial charge in [-0.2, -0.15) is 19.6 Å². The Morgan fingerprint density at radius 1 is 1.35 bits per heavy atom. The van der Waals surface area contributed by atoms with Gasteiger partial charge in [0.15, 0.2) is 5.65 Å². The molecule has 0 radical (unpaired) electrons. The van der Waals surface area contributed by atoms with Gasteiger partial charge in [-0.25, -0.2) is 0 Å². The van der Waals surface area contributed by atoms with Crippen molar-refractivity contribution in [3.05, 3.63) is 54.2 Å². The van der Waals surface area contributed by atoms with Crippen molar-refractivity contribution in [3.63, 3.8) is 0 Å². The highest BCUT2D eigenvalue weighted by Gasteiger charge is 2.26. The number of carbonyl (C=O) groups is 1. The molecule has 1 aromatic carbocycles. The normalized spacial score (nSPS) is 17.5. The second-order valence-corrected chi connectivity index (χ2v) is 9.75. The molecule has 1 aliphatic rings. The molecule has 2 aromatic heterocycles. The molecule has 1 aliphatic heterocycles. The Hall–Kier alpha value is -3.46. The molecule has 9 heteroatoms. The molecule has 0 saturated carbocycles. The maximum atomic E-state index is 11.6. The van der Waals surface area contributed by atoms with E-state index in [1.807, 2.05) is 30.5 Å². The second kappa shape index (κ2) is 9.80. The summed E-state index contributed by atoms with van der Waals surface area (Å²) in [5, 5.41) is 17.8. The lowest BCUT2D eigenvalue weighted by atomic mass is 9.91. The van der Waals surface area contributed by atoms with Crippen LogP contribution in [0.15, 0.2) is 43.1 Å². The Labute approximate surface area is 200 Å². The number of fused-ring (bicyclic) bond motifs is 1. The first-order chi connectivity index (χ1) is 16.2. The standard InChI is InChI=1S/C25H34N8O/c1-6-21(34)29-18-9-7-8-17(12-18)13-26-24-32-23(30-19-10-11-25(4,5)27-14-19)31-22-20(16(2)3)15-28-33(22)24/h6-9,12,15-16,19,27H,1,10-11,13-14H2,2-5H3,(H,29,34)(H2,26,30,31,32)/t19-/m0/s1. The van der Waals surface area contributed by atoms with Gasteiger partial charge >= 0.3 is 0 Å². The smallest absolute Gasteiger partial charge is 0.247 e. The molecule has 1 saturated heterocycles. The van der Waals surface area contributed by atoms with Crippen molar-refractivity contribution < 1.29 is 4.79 Å². The fourth-order valence-corrected chi connectivity index (χ4v) is 4.05. The molecule has 1 atom stereocenters. The number of anilines is 3. The van der Waals surface area contributed by atoms with Crippen LogP contribution in [0.25, 0.3) is 5.65 Å². The van der Waals surface area contributed by atoms with Crippen LogP contribution < -0.4 is 21.3 Å². The molecule has 34 heavy (non-hydrogen) atoms. The predicted octanol–water partition coefficient (Wildman–Crippen LogP) is 3.93. The lowest BCUT2D eigenvalue weighted by Crippen LogP contribution is -2.50. The minimum absolute atomic E-state index is 0.158. The summed E-state index contributed by atoms with van der Waals surface area (Å²) in [6.07, 6.45) is 5.25. The summed E-state index contributed by atoms with van der Waals surface area (Å²) in [6, 6.07) is 7.92. The summed E-state index contributed by atoms with van der Waals surface area (Å²) in [6.45, 7) is 13.6. The Morgan fingerprint density at radius 3 is 2.88 bits per heavy atom. The van der Waals surface area contributed by atoms with Gasteiger partial charge in [0, 0.05) is 35.9 Å². The highest BCUT2D eigenvalue weighted by Crippen LogP contribution is 2.24. The average molecular weight is 463 g/mol. The van der Waals surface area contributed by atoms with Gasteiger partial charge in [-0.1, -0.05) is 32.6 Å². The van der Waals surface area contributed by atoms with Gasteiger partial charge in [-0.3, -0.25) is 4.79 Å². The fourth-order valence-electron chi connectivity index (χ4n) is 4.05. The monoisotopic (exact) mass is 462 g/mol. The molecule has 9 nitrogen and oxygen atoms in total. The molecule has 1 fully saturated rings. The molecule has 0 aliphatic carbocycles. The number of nitrogens with one attached hydrogen (secondary N) is 4. The third-order valence-corrected chi connectivity index (χ3v) is 6.13. The van der Waals surface area contributed by atoms with Crippen LogP contribution in [0.3, 0.4) is 0 Å². The van der Waals surface area contributed by atoms with Crippen molar-refractivity contribution in [3.8, 4) is 0 Å². The summed E-state index contributed by atoms with van der Waals surface area (Å²) in [7, 11) is 0. The first kappa shape index (κ1) is 23.7. The van der Waals surface area contributed by atoms with E-state index in [-0.39, 0.29) is 23.4 Å². The number of benzene rings is 1. The van der Waals surface area contributed by atoms with E-state index < -0.39 is 0 Å². The van der Waals surface area contributed by atoms with Crippen LogP contribution in [-0.2, 0) is 11.3 Å². The highest BCUT2D eigenvalue weighted by atomic mass is 16.1. The zero-order chi connectivity index (χ0) is 24.3. The van der Waals surface area contributed by atoms with E-state index in [0.717, 1.165) is 36.2 Å². The Kier molecular flexibility index (Phi) is 6.83. The van der Waals surface area contributed by atoms with Crippen molar-refractivity contribution in [2.45, 2.75) is 64.6 Å². The lowest BCUT2D eigenvalue weighted by molar-refractivity contribution is -0.111. The van der Waals surface area contributed by atoms with E-state index in [1.54, 1.807) is 4.52 Å². The van der Waals surface area contributed by atoms with E-state index >= 15 is 0 Å². The summed E-state index contributed by atoms with van der Waals surface area (Å²) >= 11 is 0. The Morgan fingerprint density at radius 2 is 2.18 bits per heavy atom. The molecule has 3 heterocycles. The maximum absolute atomic E-state index is 11.6. The minimum atomic E-state index is -0.239. The van der Waals surface area contributed by atoms with Crippen LogP contribution in [0, 0.1) is 0 Å². The largest absolute Gasteiger partial charge is 0.350 e.